The van der Waals surface area contributed by atoms with Gasteiger partial charge in [-0.25, -0.2) is 15.0 Å². The van der Waals surface area contributed by atoms with Crippen molar-refractivity contribution in [1.82, 2.24) is 29.1 Å². The molecule has 3 N–H and O–H groups in total. The van der Waals surface area contributed by atoms with Gasteiger partial charge in [-0.15, -0.1) is 0 Å². The number of hydrogen-bond donors (Lipinski definition) is 2. The Morgan fingerprint density at radius 1 is 1.14 bits per heavy atom. The van der Waals surface area contributed by atoms with E-state index < -0.39 is 0 Å². The molecule has 0 aliphatic carbocycles. The molecule has 1 aromatic carbocycles. The number of imidazole rings is 1. The lowest BCUT2D eigenvalue weighted by Crippen LogP contribution is -2.06. The highest BCUT2D eigenvalue weighted by Crippen LogP contribution is 2.47. The summed E-state index contributed by atoms with van der Waals surface area (Å²) in [5, 5.41) is 8.88. The van der Waals surface area contributed by atoms with Gasteiger partial charge in [-0.05, 0) is 12.1 Å². The third kappa shape index (κ3) is 4.28. The van der Waals surface area contributed by atoms with Gasteiger partial charge in [0.05, 0.1) is 30.5 Å². The first-order chi connectivity index (χ1) is 17.8. The predicted molar refractivity (Wildman–Crippen MR) is 145 cm³/mol. The fraction of sp³-hybridized carbons (Fsp3) is 0.125. The molecular weight excluding hydrogens is 517 g/mol. The van der Waals surface area contributed by atoms with Gasteiger partial charge in [-0.3, -0.25) is 9.08 Å². The summed E-state index contributed by atoms with van der Waals surface area (Å²) in [6.45, 7) is 3.63. The highest BCUT2D eigenvalue weighted by atomic mass is 35.5. The molecule has 0 saturated carbocycles. The van der Waals surface area contributed by atoms with E-state index >= 15 is 0 Å². The summed E-state index contributed by atoms with van der Waals surface area (Å²) in [4.78, 5) is 18.0. The number of aryl methyl sites for hydroxylation is 1. The van der Waals surface area contributed by atoms with Crippen molar-refractivity contribution in [2.24, 2.45) is 17.8 Å². The lowest BCUT2D eigenvalue weighted by Gasteiger charge is -2.16. The summed E-state index contributed by atoms with van der Waals surface area (Å²) in [5.41, 5.74) is 8.70. The van der Waals surface area contributed by atoms with Crippen LogP contribution in [0.3, 0.4) is 0 Å². The predicted octanol–water partition coefficient (Wildman–Crippen LogP) is 4.92. The van der Waals surface area contributed by atoms with E-state index in [9.17, 15) is 0 Å². The molecule has 4 aromatic heterocycles. The van der Waals surface area contributed by atoms with Crippen LogP contribution in [0.25, 0.3) is 27.8 Å². The summed E-state index contributed by atoms with van der Waals surface area (Å²) in [5.74, 6) is 1.84. The van der Waals surface area contributed by atoms with Gasteiger partial charge < -0.3 is 20.5 Å². The van der Waals surface area contributed by atoms with Crippen molar-refractivity contribution in [2.45, 2.75) is 0 Å². The first-order valence-electron chi connectivity index (χ1n) is 10.8. The number of anilines is 2. The number of fused-ring (bicyclic) bond motifs is 3. The summed E-state index contributed by atoms with van der Waals surface area (Å²) in [6, 6.07) is 3.51. The summed E-state index contributed by atoms with van der Waals surface area (Å²) in [6.07, 6.45) is 8.30. The highest BCUT2D eigenvalue weighted by molar-refractivity contribution is 6.41. The largest absolute Gasteiger partial charge is 0.495 e. The van der Waals surface area contributed by atoms with Gasteiger partial charge in [0.2, 0.25) is 5.95 Å². The monoisotopic (exact) mass is 537 g/mol. The number of rotatable bonds is 7. The Hall–Kier alpha value is -4.35. The van der Waals surface area contributed by atoms with Crippen LogP contribution in [0.1, 0.15) is 0 Å². The van der Waals surface area contributed by atoms with Crippen molar-refractivity contribution in [3.05, 3.63) is 59.6 Å². The number of benzene rings is 1. The number of nitrogens with one attached hydrogen (secondary N) is 1. The summed E-state index contributed by atoms with van der Waals surface area (Å²) < 4.78 is 14.3. The standard InChI is InChI=1S/C24H21Cl2N9O2/c1-5-17(27)30-14-11-34(2)33-21(14)31-24-29-10-12-8-13(23-28-6-7-35(23)22(12)32-24)18-19(25)15(36-3)9-16(37-4)20(18)26/h5-11H,1H2,2-4H3,(H2,27,30)(H,29,31,32,33). The number of nitrogens with two attached hydrogens (primary N) is 1. The number of ether oxygens (including phenoxy) is 2. The molecule has 5 aromatic rings. The van der Waals surface area contributed by atoms with Crippen LogP contribution >= 0.6 is 23.2 Å². The number of hydrogen-bond acceptors (Lipinski definition) is 8. The van der Waals surface area contributed by atoms with Gasteiger partial charge in [0.1, 0.15) is 28.7 Å². The van der Waals surface area contributed by atoms with E-state index in [-0.39, 0.29) is 5.84 Å². The van der Waals surface area contributed by atoms with Crippen LogP contribution < -0.4 is 20.5 Å². The average Bonchev–Trinajstić information content (AvgIpc) is 3.51. The topological polar surface area (TPSA) is 130 Å². The van der Waals surface area contributed by atoms with Gasteiger partial charge in [-0.2, -0.15) is 10.1 Å². The molecule has 11 nitrogen and oxygen atoms in total. The molecule has 5 rings (SSSR count). The minimum Gasteiger partial charge on any atom is -0.495 e. The van der Waals surface area contributed by atoms with Crippen molar-refractivity contribution in [2.75, 3.05) is 19.5 Å². The van der Waals surface area contributed by atoms with E-state index in [1.807, 2.05) is 10.5 Å². The first-order valence-corrected chi connectivity index (χ1v) is 11.6. The zero-order valence-corrected chi connectivity index (χ0v) is 21.5. The minimum absolute atomic E-state index is 0.259. The third-order valence-electron chi connectivity index (χ3n) is 5.55. The van der Waals surface area contributed by atoms with Crippen molar-refractivity contribution in [3.8, 4) is 22.6 Å². The van der Waals surface area contributed by atoms with Crippen molar-refractivity contribution < 1.29 is 9.47 Å². The molecule has 0 saturated heterocycles. The molecule has 13 heteroatoms. The zero-order valence-electron chi connectivity index (χ0n) is 20.0. The van der Waals surface area contributed by atoms with Gasteiger partial charge in [-0.1, -0.05) is 29.8 Å². The maximum absolute atomic E-state index is 6.70. The van der Waals surface area contributed by atoms with E-state index in [4.69, 9.17) is 43.4 Å². The molecule has 0 bridgehead atoms. The Morgan fingerprint density at radius 2 is 1.86 bits per heavy atom. The maximum Gasteiger partial charge on any atom is 0.230 e. The van der Waals surface area contributed by atoms with E-state index in [0.29, 0.717) is 61.4 Å². The Balaban J connectivity index is 1.66. The minimum atomic E-state index is 0.259. The lowest BCUT2D eigenvalue weighted by atomic mass is 10.0. The second kappa shape index (κ2) is 9.60. The zero-order chi connectivity index (χ0) is 26.3. The van der Waals surface area contributed by atoms with Crippen LogP contribution in [0.15, 0.2) is 54.6 Å². The van der Waals surface area contributed by atoms with E-state index in [2.05, 4.69) is 32.0 Å². The van der Waals surface area contributed by atoms with Crippen LogP contribution in [0.5, 0.6) is 11.5 Å². The van der Waals surface area contributed by atoms with Crippen LogP contribution in [0.2, 0.25) is 10.0 Å². The number of methoxy groups -OCH3 is 2. The quantitative estimate of drug-likeness (QED) is 0.221. The number of pyridine rings is 1. The van der Waals surface area contributed by atoms with Crippen LogP contribution in [0, 0.1) is 0 Å². The van der Waals surface area contributed by atoms with E-state index in [1.54, 1.807) is 42.6 Å². The lowest BCUT2D eigenvalue weighted by molar-refractivity contribution is 0.395. The SMILES string of the molecule is C=CC(N)=Nc1cn(C)nc1Nc1ncc2cc(-c3c(Cl)c(OC)cc(OC)c3Cl)c3nccn3c2n1. The van der Waals surface area contributed by atoms with Crippen LogP contribution in [-0.4, -0.2) is 49.2 Å². The number of nitrogens with zero attached hydrogens (tertiary/aromatic N) is 7. The molecule has 188 valence electrons. The van der Waals surface area contributed by atoms with Gasteiger partial charge >= 0.3 is 0 Å². The Kier molecular flexibility index (Phi) is 6.32. The third-order valence-corrected chi connectivity index (χ3v) is 6.30. The summed E-state index contributed by atoms with van der Waals surface area (Å²) >= 11 is 13.4. The van der Waals surface area contributed by atoms with Crippen LogP contribution in [-0.2, 0) is 7.05 Å². The number of amidine groups is 1. The molecule has 4 heterocycles. The van der Waals surface area contributed by atoms with Crippen molar-refractivity contribution >= 4 is 63.2 Å². The molecule has 0 fully saturated rings. The fourth-order valence-corrected chi connectivity index (χ4v) is 4.58. The fourth-order valence-electron chi connectivity index (χ4n) is 3.87. The number of aromatic nitrogens is 6. The molecule has 0 spiro atoms. The molecule has 0 aliphatic heterocycles. The van der Waals surface area contributed by atoms with Crippen molar-refractivity contribution in [3.63, 3.8) is 0 Å². The van der Waals surface area contributed by atoms with Gasteiger partial charge in [0, 0.05) is 48.2 Å². The Morgan fingerprint density at radius 3 is 2.54 bits per heavy atom. The number of halogens is 2. The van der Waals surface area contributed by atoms with E-state index in [0.717, 1.165) is 5.39 Å². The second-order valence-corrected chi connectivity index (χ2v) is 8.59. The second-order valence-electron chi connectivity index (χ2n) is 7.84. The van der Waals surface area contributed by atoms with Gasteiger partial charge in [0.15, 0.2) is 11.5 Å². The molecular formula is C24H21Cl2N9O2. The Bertz CT molecular complexity index is 1680. The average molecular weight is 538 g/mol. The van der Waals surface area contributed by atoms with Gasteiger partial charge in [0.25, 0.3) is 0 Å². The van der Waals surface area contributed by atoms with E-state index in [1.165, 1.54) is 20.3 Å². The molecule has 37 heavy (non-hydrogen) atoms. The molecule has 0 amide bonds. The smallest absolute Gasteiger partial charge is 0.230 e. The first kappa shape index (κ1) is 24.3. The molecule has 0 unspecified atom stereocenters. The molecule has 0 radical (unpaired) electrons. The number of aliphatic imine (C=N–C) groups is 1. The van der Waals surface area contributed by atoms with Crippen molar-refractivity contribution in [1.29, 1.82) is 0 Å². The van der Waals surface area contributed by atoms with Crippen LogP contribution in [0.4, 0.5) is 17.5 Å². The highest BCUT2D eigenvalue weighted by Gasteiger charge is 2.22. The molecule has 0 atom stereocenters. The summed E-state index contributed by atoms with van der Waals surface area (Å²) in [7, 11) is 4.82. The molecule has 0 aliphatic rings. The Labute approximate surface area is 221 Å². The normalized spacial score (nSPS) is 11.8. The maximum atomic E-state index is 6.70.